The predicted octanol–water partition coefficient (Wildman–Crippen LogP) is -0.611. The molecule has 7 nitrogen and oxygen atoms in total. The summed E-state index contributed by atoms with van der Waals surface area (Å²) in [6.07, 6.45) is 2.55. The Balaban J connectivity index is 1.61. The lowest BCUT2D eigenvalue weighted by Crippen LogP contribution is -2.53. The van der Waals surface area contributed by atoms with Crippen LogP contribution in [0.15, 0.2) is 6.33 Å². The first-order chi connectivity index (χ1) is 9.21. The summed E-state index contributed by atoms with van der Waals surface area (Å²) in [5, 5.41) is 7.07. The highest BCUT2D eigenvalue weighted by molar-refractivity contribution is 5.78. The molecule has 0 aliphatic carbocycles. The van der Waals surface area contributed by atoms with Gasteiger partial charge in [0.2, 0.25) is 5.91 Å². The molecule has 19 heavy (non-hydrogen) atoms. The highest BCUT2D eigenvalue weighted by atomic mass is 16.5. The number of carbonyl (C=O) groups excluding carboxylic acids is 1. The zero-order valence-corrected chi connectivity index (χ0v) is 11.1. The fourth-order valence-corrected chi connectivity index (χ4v) is 2.78. The van der Waals surface area contributed by atoms with Crippen LogP contribution in [0.5, 0.6) is 0 Å². The standard InChI is InChI=1S/C12H19N5O2/c1-2-17-10(14-9-15-17)5-16-4-3-12(8-16)7-13-11(18)6-19-12/h9H,2-8H2,1H3,(H,13,18). The van der Waals surface area contributed by atoms with Crippen molar-refractivity contribution in [2.45, 2.75) is 32.0 Å². The van der Waals surface area contributed by atoms with E-state index in [0.717, 1.165) is 38.4 Å². The number of nitrogens with one attached hydrogen (secondary N) is 1. The molecule has 7 heteroatoms. The lowest BCUT2D eigenvalue weighted by atomic mass is 10.0. The molecule has 1 aromatic rings. The molecule has 2 aliphatic rings. The number of hydrogen-bond donors (Lipinski definition) is 1. The summed E-state index contributed by atoms with van der Waals surface area (Å²) in [6, 6.07) is 0. The van der Waals surface area contributed by atoms with Crippen LogP contribution in [0.25, 0.3) is 0 Å². The van der Waals surface area contributed by atoms with Gasteiger partial charge < -0.3 is 10.1 Å². The number of ether oxygens (including phenoxy) is 1. The molecular formula is C12H19N5O2. The summed E-state index contributed by atoms with van der Waals surface area (Å²) in [5.41, 5.74) is -0.203. The first-order valence-electron chi connectivity index (χ1n) is 6.70. The number of rotatable bonds is 3. The van der Waals surface area contributed by atoms with Gasteiger partial charge in [-0.15, -0.1) is 0 Å². The van der Waals surface area contributed by atoms with E-state index in [2.05, 4.69) is 27.2 Å². The van der Waals surface area contributed by atoms with Gasteiger partial charge in [0.1, 0.15) is 18.8 Å². The molecule has 2 fully saturated rings. The molecular weight excluding hydrogens is 246 g/mol. The first kappa shape index (κ1) is 12.6. The van der Waals surface area contributed by atoms with Crippen molar-refractivity contribution in [2.24, 2.45) is 0 Å². The third-order valence-electron chi connectivity index (χ3n) is 3.87. The van der Waals surface area contributed by atoms with Crippen LogP contribution in [0, 0.1) is 0 Å². The number of carbonyl (C=O) groups is 1. The van der Waals surface area contributed by atoms with E-state index in [1.54, 1.807) is 6.33 Å². The third kappa shape index (κ3) is 2.48. The Kier molecular flexibility index (Phi) is 3.24. The summed E-state index contributed by atoms with van der Waals surface area (Å²) < 4.78 is 7.66. The summed E-state index contributed by atoms with van der Waals surface area (Å²) in [5.74, 6) is 0.967. The van der Waals surface area contributed by atoms with Crippen LogP contribution in [0.2, 0.25) is 0 Å². The second kappa shape index (κ2) is 4.90. The molecule has 1 aromatic heterocycles. The molecule has 1 N–H and O–H groups in total. The molecule has 0 aromatic carbocycles. The van der Waals surface area contributed by atoms with Crippen LogP contribution >= 0.6 is 0 Å². The van der Waals surface area contributed by atoms with Gasteiger partial charge in [-0.2, -0.15) is 5.10 Å². The van der Waals surface area contributed by atoms with E-state index in [1.807, 2.05) is 4.68 Å². The number of nitrogens with zero attached hydrogens (tertiary/aromatic N) is 4. The number of aromatic nitrogens is 3. The van der Waals surface area contributed by atoms with Gasteiger partial charge in [0.15, 0.2) is 0 Å². The van der Waals surface area contributed by atoms with Crippen molar-refractivity contribution >= 4 is 5.91 Å². The SMILES string of the molecule is CCn1ncnc1CN1CCC2(CNC(=O)CO2)C1. The third-order valence-corrected chi connectivity index (χ3v) is 3.87. The van der Waals surface area contributed by atoms with E-state index in [4.69, 9.17) is 4.74 Å². The summed E-state index contributed by atoms with van der Waals surface area (Å²) in [7, 11) is 0. The summed E-state index contributed by atoms with van der Waals surface area (Å²) in [6.45, 7) is 6.27. The lowest BCUT2D eigenvalue weighted by Gasteiger charge is -2.33. The monoisotopic (exact) mass is 265 g/mol. The van der Waals surface area contributed by atoms with Gasteiger partial charge in [-0.1, -0.05) is 0 Å². The molecule has 1 unspecified atom stereocenters. The fraction of sp³-hybridized carbons (Fsp3) is 0.750. The molecule has 2 saturated heterocycles. The van der Waals surface area contributed by atoms with Crippen LogP contribution in [0.4, 0.5) is 0 Å². The number of hydrogen-bond acceptors (Lipinski definition) is 5. The zero-order valence-electron chi connectivity index (χ0n) is 11.1. The van der Waals surface area contributed by atoms with Gasteiger partial charge in [0.25, 0.3) is 0 Å². The van der Waals surface area contributed by atoms with Crippen LogP contribution in [-0.2, 0) is 22.6 Å². The van der Waals surface area contributed by atoms with Crippen LogP contribution in [-0.4, -0.2) is 57.4 Å². The predicted molar refractivity (Wildman–Crippen MR) is 67.3 cm³/mol. The molecule has 3 rings (SSSR count). The largest absolute Gasteiger partial charge is 0.362 e. The maximum absolute atomic E-state index is 11.2. The van der Waals surface area contributed by atoms with Crippen molar-refractivity contribution in [3.05, 3.63) is 12.2 Å². The van der Waals surface area contributed by atoms with Gasteiger partial charge in [-0.3, -0.25) is 9.69 Å². The summed E-state index contributed by atoms with van der Waals surface area (Å²) >= 11 is 0. The van der Waals surface area contributed by atoms with Crippen molar-refractivity contribution in [3.63, 3.8) is 0 Å². The topological polar surface area (TPSA) is 72.3 Å². The minimum absolute atomic E-state index is 0.0187. The van der Waals surface area contributed by atoms with Gasteiger partial charge in [0.05, 0.1) is 12.1 Å². The van der Waals surface area contributed by atoms with Crippen LogP contribution in [0.3, 0.4) is 0 Å². The van der Waals surface area contributed by atoms with Gasteiger partial charge >= 0.3 is 0 Å². The van der Waals surface area contributed by atoms with Crippen molar-refractivity contribution in [1.82, 2.24) is 25.0 Å². The summed E-state index contributed by atoms with van der Waals surface area (Å²) in [4.78, 5) is 17.8. The number of morpholine rings is 1. The Morgan fingerprint density at radius 1 is 1.58 bits per heavy atom. The van der Waals surface area contributed by atoms with E-state index in [9.17, 15) is 4.79 Å². The van der Waals surface area contributed by atoms with E-state index in [-0.39, 0.29) is 18.1 Å². The Bertz CT molecular complexity index is 462. The van der Waals surface area contributed by atoms with Gasteiger partial charge in [0, 0.05) is 26.2 Å². The fourth-order valence-electron chi connectivity index (χ4n) is 2.78. The lowest BCUT2D eigenvalue weighted by molar-refractivity contribution is -0.142. The van der Waals surface area contributed by atoms with Crippen LogP contribution < -0.4 is 5.32 Å². The Morgan fingerprint density at radius 2 is 2.47 bits per heavy atom. The molecule has 0 radical (unpaired) electrons. The van der Waals surface area contributed by atoms with E-state index in [1.165, 1.54) is 0 Å². The van der Waals surface area contributed by atoms with Gasteiger partial charge in [-0.25, -0.2) is 9.67 Å². The molecule has 3 heterocycles. The Morgan fingerprint density at radius 3 is 3.21 bits per heavy atom. The first-order valence-corrected chi connectivity index (χ1v) is 6.70. The van der Waals surface area contributed by atoms with E-state index < -0.39 is 0 Å². The second-order valence-corrected chi connectivity index (χ2v) is 5.20. The molecule has 1 spiro atoms. The minimum atomic E-state index is -0.203. The number of likely N-dealkylation sites (tertiary alicyclic amines) is 1. The van der Waals surface area contributed by atoms with E-state index >= 15 is 0 Å². The quantitative estimate of drug-likeness (QED) is 0.789. The normalized spacial score (nSPS) is 27.9. The van der Waals surface area contributed by atoms with Gasteiger partial charge in [-0.05, 0) is 13.3 Å². The van der Waals surface area contributed by atoms with Crippen molar-refractivity contribution < 1.29 is 9.53 Å². The number of amides is 1. The minimum Gasteiger partial charge on any atom is -0.362 e. The number of aryl methyl sites for hydroxylation is 1. The van der Waals surface area contributed by atoms with Crippen molar-refractivity contribution in [1.29, 1.82) is 0 Å². The highest BCUT2D eigenvalue weighted by Crippen LogP contribution is 2.27. The molecule has 1 atom stereocenters. The second-order valence-electron chi connectivity index (χ2n) is 5.20. The smallest absolute Gasteiger partial charge is 0.246 e. The molecule has 1 amide bonds. The molecule has 0 bridgehead atoms. The van der Waals surface area contributed by atoms with E-state index in [0.29, 0.717) is 6.54 Å². The maximum Gasteiger partial charge on any atom is 0.246 e. The maximum atomic E-state index is 11.2. The highest BCUT2D eigenvalue weighted by Gasteiger charge is 2.42. The molecule has 0 saturated carbocycles. The average Bonchev–Trinajstić information content (AvgIpc) is 3.02. The van der Waals surface area contributed by atoms with Crippen LogP contribution in [0.1, 0.15) is 19.2 Å². The Hall–Kier alpha value is -1.47. The molecule has 2 aliphatic heterocycles. The zero-order chi connectivity index (χ0) is 13.3. The average molecular weight is 265 g/mol. The Labute approximate surface area is 111 Å². The molecule has 104 valence electrons. The van der Waals surface area contributed by atoms with Crippen molar-refractivity contribution in [2.75, 3.05) is 26.2 Å². The van der Waals surface area contributed by atoms with Crippen molar-refractivity contribution in [3.8, 4) is 0 Å².